The molecule has 0 spiro atoms. The van der Waals surface area contributed by atoms with E-state index in [0.717, 1.165) is 16.7 Å². The highest BCUT2D eigenvalue weighted by molar-refractivity contribution is 6.19. The van der Waals surface area contributed by atoms with Gasteiger partial charge in [-0.15, -0.1) is 0 Å². The molecule has 0 bridgehead atoms. The summed E-state index contributed by atoms with van der Waals surface area (Å²) >= 11 is 0. The lowest BCUT2D eigenvalue weighted by Gasteiger charge is -2.25. The molecule has 0 fully saturated rings. The molecule has 1 heterocycles. The normalized spacial score (nSPS) is 13.2. The number of nitrogens with zero attached hydrogens (tertiary/aromatic N) is 1. The molecular formula is C25H17N3O4. The van der Waals surface area contributed by atoms with E-state index in [0.29, 0.717) is 21.6 Å². The zero-order valence-electron chi connectivity index (χ0n) is 16.7. The summed E-state index contributed by atoms with van der Waals surface area (Å²) in [6, 6.07) is 26.1. The van der Waals surface area contributed by atoms with Crippen molar-refractivity contribution in [1.82, 2.24) is 5.23 Å². The predicted molar refractivity (Wildman–Crippen MR) is 119 cm³/mol. The highest BCUT2D eigenvalue weighted by atomic mass is 17.0. The van der Waals surface area contributed by atoms with Crippen LogP contribution in [-0.2, 0) is 9.68 Å². The fraction of sp³-hybridized carbons (Fsp3) is 0. The van der Waals surface area contributed by atoms with Crippen LogP contribution in [0, 0.1) is 5.41 Å². The van der Waals surface area contributed by atoms with Gasteiger partial charge in [-0.3, -0.25) is 15.1 Å². The number of guanidine groups is 1. The number of nitrogens with two attached hydrogens (primary N) is 1. The Balaban J connectivity index is 1.94. The highest BCUT2D eigenvalue weighted by Crippen LogP contribution is 2.41. The quantitative estimate of drug-likeness (QED) is 0.363. The van der Waals surface area contributed by atoms with Gasteiger partial charge in [-0.1, -0.05) is 72.8 Å². The summed E-state index contributed by atoms with van der Waals surface area (Å²) in [5, 5.41) is 9.04. The number of hydroxylamine groups is 2. The molecule has 32 heavy (non-hydrogen) atoms. The lowest BCUT2D eigenvalue weighted by molar-refractivity contribution is -0.243. The second-order valence-corrected chi connectivity index (χ2v) is 7.21. The third-order valence-electron chi connectivity index (χ3n) is 5.27. The first-order valence-corrected chi connectivity index (χ1v) is 9.84. The smallest absolute Gasteiger partial charge is 0.365 e. The van der Waals surface area contributed by atoms with Gasteiger partial charge in [0, 0.05) is 16.2 Å². The Hall–Kier alpha value is -4.65. The Bertz CT molecular complexity index is 1380. The molecule has 5 rings (SSSR count). The molecule has 4 aromatic rings. The van der Waals surface area contributed by atoms with Crippen LogP contribution in [0.5, 0.6) is 0 Å². The highest BCUT2D eigenvalue weighted by Gasteiger charge is 2.32. The molecule has 0 atom stereocenters. The SMILES string of the molecule is N=C(N)N1OC(=O)c2cccc3cc(-c4ccccc4)c(-c4ccccc4)c(c23)C(=O)O1. The molecule has 3 N–H and O–H groups in total. The van der Waals surface area contributed by atoms with Crippen LogP contribution in [0.15, 0.2) is 84.9 Å². The first-order valence-electron chi connectivity index (χ1n) is 9.84. The standard InChI is InChI=1S/C25H17N3O4/c26-25(27)28-31-23(29)18-13-7-12-17-14-19(15-8-3-1-4-9-15)20(16-10-5-2-6-11-16)22(21(17)18)24(30)32-28/h1-14H,(H3,26,27). The number of carbonyl (C=O) groups excluding carboxylic acids is 2. The van der Waals surface area contributed by atoms with Gasteiger partial charge in [0.2, 0.25) is 0 Å². The van der Waals surface area contributed by atoms with Crippen LogP contribution in [0.2, 0.25) is 0 Å². The second-order valence-electron chi connectivity index (χ2n) is 7.21. The van der Waals surface area contributed by atoms with Crippen LogP contribution in [-0.4, -0.2) is 23.1 Å². The average Bonchev–Trinajstić information content (AvgIpc) is 2.82. The molecule has 0 aromatic heterocycles. The first-order chi connectivity index (χ1) is 15.5. The van der Waals surface area contributed by atoms with E-state index >= 15 is 0 Å². The third-order valence-corrected chi connectivity index (χ3v) is 5.27. The Labute approximate surface area is 183 Å². The Morgan fingerprint density at radius 2 is 1.34 bits per heavy atom. The van der Waals surface area contributed by atoms with Crippen molar-refractivity contribution in [2.24, 2.45) is 5.73 Å². The monoisotopic (exact) mass is 423 g/mol. The Morgan fingerprint density at radius 1 is 0.719 bits per heavy atom. The van der Waals surface area contributed by atoms with Crippen LogP contribution < -0.4 is 5.73 Å². The van der Waals surface area contributed by atoms with Gasteiger partial charge in [-0.2, -0.15) is 0 Å². The minimum Gasteiger partial charge on any atom is -0.365 e. The van der Waals surface area contributed by atoms with Gasteiger partial charge in [-0.05, 0) is 34.2 Å². The molecule has 0 aliphatic carbocycles. The summed E-state index contributed by atoms with van der Waals surface area (Å²) in [6.45, 7) is 0. The number of carbonyl (C=O) groups is 2. The summed E-state index contributed by atoms with van der Waals surface area (Å²) in [4.78, 5) is 36.6. The Morgan fingerprint density at radius 3 is 2.00 bits per heavy atom. The van der Waals surface area contributed by atoms with Crippen molar-refractivity contribution in [1.29, 1.82) is 5.41 Å². The fourth-order valence-corrected chi connectivity index (χ4v) is 3.94. The molecule has 156 valence electrons. The van der Waals surface area contributed by atoms with Crippen molar-refractivity contribution in [3.05, 3.63) is 96.1 Å². The number of rotatable bonds is 2. The van der Waals surface area contributed by atoms with E-state index in [1.807, 2.05) is 72.8 Å². The minimum atomic E-state index is -0.790. The lowest BCUT2D eigenvalue weighted by Crippen LogP contribution is -2.41. The fourth-order valence-electron chi connectivity index (χ4n) is 3.94. The predicted octanol–water partition coefficient (Wildman–Crippen LogP) is 4.53. The van der Waals surface area contributed by atoms with Gasteiger partial charge in [0.05, 0.1) is 11.1 Å². The summed E-state index contributed by atoms with van der Waals surface area (Å²) in [7, 11) is 0. The number of hydrogen-bond acceptors (Lipinski definition) is 5. The average molecular weight is 423 g/mol. The van der Waals surface area contributed by atoms with Crippen molar-refractivity contribution >= 4 is 28.7 Å². The van der Waals surface area contributed by atoms with Gasteiger partial charge in [0.1, 0.15) is 0 Å². The van der Waals surface area contributed by atoms with Gasteiger partial charge >= 0.3 is 11.9 Å². The van der Waals surface area contributed by atoms with Crippen molar-refractivity contribution in [2.75, 3.05) is 0 Å². The largest absolute Gasteiger partial charge is 0.368 e. The van der Waals surface area contributed by atoms with Gasteiger partial charge < -0.3 is 5.73 Å². The zero-order chi connectivity index (χ0) is 22.2. The van der Waals surface area contributed by atoms with Crippen LogP contribution in [0.4, 0.5) is 0 Å². The number of hydrogen-bond donors (Lipinski definition) is 2. The number of benzene rings is 4. The summed E-state index contributed by atoms with van der Waals surface area (Å²) in [6.07, 6.45) is 0. The molecule has 0 saturated carbocycles. The first kappa shape index (κ1) is 19.3. The zero-order valence-corrected chi connectivity index (χ0v) is 16.7. The van der Waals surface area contributed by atoms with Gasteiger partial charge in [-0.25, -0.2) is 9.59 Å². The van der Waals surface area contributed by atoms with E-state index in [9.17, 15) is 9.59 Å². The molecular weight excluding hydrogens is 406 g/mol. The maximum Gasteiger partial charge on any atom is 0.368 e. The maximum absolute atomic E-state index is 13.4. The van der Waals surface area contributed by atoms with E-state index in [-0.39, 0.29) is 11.1 Å². The second kappa shape index (κ2) is 7.55. The molecule has 4 aromatic carbocycles. The topological polar surface area (TPSA) is 106 Å². The van der Waals surface area contributed by atoms with E-state index in [1.165, 1.54) is 0 Å². The van der Waals surface area contributed by atoms with Crippen molar-refractivity contribution in [2.45, 2.75) is 0 Å². The summed E-state index contributed by atoms with van der Waals surface area (Å²) in [5.74, 6) is -2.31. The molecule has 0 amide bonds. The van der Waals surface area contributed by atoms with Crippen LogP contribution in [0.25, 0.3) is 33.0 Å². The molecule has 0 saturated heterocycles. The maximum atomic E-state index is 13.4. The van der Waals surface area contributed by atoms with Crippen molar-refractivity contribution < 1.29 is 19.3 Å². The van der Waals surface area contributed by atoms with Crippen molar-refractivity contribution in [3.8, 4) is 22.3 Å². The van der Waals surface area contributed by atoms with Crippen molar-refractivity contribution in [3.63, 3.8) is 0 Å². The van der Waals surface area contributed by atoms with E-state index in [4.69, 9.17) is 20.8 Å². The van der Waals surface area contributed by atoms with E-state index in [2.05, 4.69) is 0 Å². The van der Waals surface area contributed by atoms with Crippen LogP contribution >= 0.6 is 0 Å². The molecule has 7 nitrogen and oxygen atoms in total. The van der Waals surface area contributed by atoms with Crippen LogP contribution in [0.1, 0.15) is 20.7 Å². The van der Waals surface area contributed by atoms with Crippen LogP contribution in [0.3, 0.4) is 0 Å². The summed E-state index contributed by atoms with van der Waals surface area (Å²) < 4.78 is 0. The molecule has 0 radical (unpaired) electrons. The Kier molecular flexibility index (Phi) is 4.56. The lowest BCUT2D eigenvalue weighted by atomic mass is 9.85. The summed E-state index contributed by atoms with van der Waals surface area (Å²) in [5.41, 5.74) is 8.92. The minimum absolute atomic E-state index is 0.178. The molecule has 1 aliphatic heterocycles. The van der Waals surface area contributed by atoms with E-state index < -0.39 is 17.9 Å². The van der Waals surface area contributed by atoms with Gasteiger partial charge in [0.25, 0.3) is 5.96 Å². The number of nitrogens with one attached hydrogen (secondary N) is 1. The molecule has 7 heteroatoms. The molecule has 1 aliphatic rings. The third kappa shape index (κ3) is 3.13. The van der Waals surface area contributed by atoms with Gasteiger partial charge in [0.15, 0.2) is 0 Å². The van der Waals surface area contributed by atoms with E-state index in [1.54, 1.807) is 12.1 Å². The molecule has 0 unspecified atom stereocenters.